The summed E-state index contributed by atoms with van der Waals surface area (Å²) >= 11 is 12.3. The van der Waals surface area contributed by atoms with Crippen LogP contribution in [0, 0.1) is 18.3 Å². The molecule has 4 aromatic rings. The van der Waals surface area contributed by atoms with Gasteiger partial charge in [-0.1, -0.05) is 47.5 Å². The minimum Gasteiger partial charge on any atom is -0.355 e. The molecule has 34 heavy (non-hydrogen) atoms. The van der Waals surface area contributed by atoms with E-state index in [1.54, 1.807) is 0 Å². The average Bonchev–Trinajstić information content (AvgIpc) is 3.22. The molecule has 5 nitrogen and oxygen atoms in total. The molecule has 0 radical (unpaired) electrons. The summed E-state index contributed by atoms with van der Waals surface area (Å²) < 4.78 is 2.17. The van der Waals surface area contributed by atoms with Crippen LogP contribution in [0.2, 0.25) is 10.0 Å². The largest absolute Gasteiger partial charge is 0.355 e. The lowest BCUT2D eigenvalue weighted by molar-refractivity contribution is 0.249. The van der Waals surface area contributed by atoms with Gasteiger partial charge in [-0.2, -0.15) is 5.26 Å². The zero-order chi connectivity index (χ0) is 23.8. The molecule has 172 valence electrons. The van der Waals surface area contributed by atoms with Crippen molar-refractivity contribution in [2.75, 3.05) is 31.1 Å². The molecule has 1 saturated heterocycles. The molecular weight excluding hydrogens is 465 g/mol. The van der Waals surface area contributed by atoms with E-state index in [4.69, 9.17) is 28.2 Å². The zero-order valence-corrected chi connectivity index (χ0v) is 20.6. The first-order valence-corrected chi connectivity index (χ1v) is 12.1. The average molecular weight is 490 g/mol. The molecule has 5 rings (SSSR count). The van der Waals surface area contributed by atoms with Gasteiger partial charge in [0.15, 0.2) is 5.65 Å². The van der Waals surface area contributed by atoms with E-state index in [0.29, 0.717) is 22.0 Å². The summed E-state index contributed by atoms with van der Waals surface area (Å²) in [5, 5.41) is 11.2. The number of anilines is 1. The highest BCUT2D eigenvalue weighted by molar-refractivity contribution is 6.42. The molecule has 7 heteroatoms. The minimum atomic E-state index is 0.581. The lowest BCUT2D eigenvalue weighted by Gasteiger charge is -2.37. The highest BCUT2D eigenvalue weighted by Crippen LogP contribution is 2.34. The molecule has 0 spiro atoms. The molecule has 1 aliphatic heterocycles. The maximum Gasteiger partial charge on any atom is 0.157 e. The van der Waals surface area contributed by atoms with Crippen LogP contribution in [0.15, 0.2) is 55.1 Å². The molecule has 3 heterocycles. The van der Waals surface area contributed by atoms with Gasteiger partial charge in [-0.15, -0.1) is 6.58 Å². The molecule has 0 atom stereocenters. The lowest BCUT2D eigenvalue weighted by Crippen LogP contribution is -2.47. The summed E-state index contributed by atoms with van der Waals surface area (Å²) in [4.78, 5) is 9.71. The van der Waals surface area contributed by atoms with Crippen molar-refractivity contribution in [3.05, 3.63) is 87.4 Å². The summed E-state index contributed by atoms with van der Waals surface area (Å²) in [7, 11) is 0. The Labute approximate surface area is 209 Å². The number of nitriles is 1. The summed E-state index contributed by atoms with van der Waals surface area (Å²) in [6.45, 7) is 10.4. The van der Waals surface area contributed by atoms with E-state index >= 15 is 0 Å². The first kappa shape index (κ1) is 22.7. The zero-order valence-electron chi connectivity index (χ0n) is 19.1. The van der Waals surface area contributed by atoms with Gasteiger partial charge in [-0.3, -0.25) is 9.30 Å². The van der Waals surface area contributed by atoms with E-state index in [2.05, 4.69) is 32.9 Å². The van der Waals surface area contributed by atoms with Gasteiger partial charge in [0, 0.05) is 38.3 Å². The van der Waals surface area contributed by atoms with Crippen molar-refractivity contribution in [3.8, 4) is 6.07 Å². The number of pyridine rings is 1. The highest BCUT2D eigenvalue weighted by Gasteiger charge is 2.26. The van der Waals surface area contributed by atoms with Crippen molar-refractivity contribution in [2.24, 2.45) is 0 Å². The number of piperazine rings is 1. The number of imidazole rings is 1. The fraction of sp³-hybridized carbons (Fsp3) is 0.259. The fourth-order valence-electron chi connectivity index (χ4n) is 4.90. The highest BCUT2D eigenvalue weighted by atomic mass is 35.5. The van der Waals surface area contributed by atoms with E-state index in [1.165, 1.54) is 0 Å². The third-order valence-corrected chi connectivity index (χ3v) is 7.36. The third kappa shape index (κ3) is 3.92. The molecule has 2 aromatic heterocycles. The summed E-state index contributed by atoms with van der Waals surface area (Å²) in [6.07, 6.45) is 2.61. The van der Waals surface area contributed by atoms with Crippen molar-refractivity contribution >= 4 is 45.7 Å². The molecular formula is C27H25Cl2N5. The van der Waals surface area contributed by atoms with E-state index in [1.807, 2.05) is 49.4 Å². The monoisotopic (exact) mass is 489 g/mol. The van der Waals surface area contributed by atoms with Crippen LogP contribution in [0.3, 0.4) is 0 Å². The van der Waals surface area contributed by atoms with Crippen molar-refractivity contribution in [2.45, 2.75) is 19.9 Å². The van der Waals surface area contributed by atoms with Gasteiger partial charge in [-0.05, 0) is 48.7 Å². The molecule has 0 bridgehead atoms. The van der Waals surface area contributed by atoms with Crippen LogP contribution in [0.25, 0.3) is 16.7 Å². The maximum atomic E-state index is 9.98. The Morgan fingerprint density at radius 3 is 2.56 bits per heavy atom. The van der Waals surface area contributed by atoms with Gasteiger partial charge in [-0.25, -0.2) is 4.98 Å². The summed E-state index contributed by atoms with van der Waals surface area (Å²) in [6, 6.07) is 16.3. The Balaban J connectivity index is 1.53. The second-order valence-corrected chi connectivity index (χ2v) is 9.49. The molecule has 1 aliphatic rings. The van der Waals surface area contributed by atoms with Gasteiger partial charge < -0.3 is 4.90 Å². The van der Waals surface area contributed by atoms with Crippen molar-refractivity contribution in [1.82, 2.24) is 14.3 Å². The van der Waals surface area contributed by atoms with Crippen LogP contribution in [0.1, 0.15) is 22.3 Å². The molecule has 0 amide bonds. The van der Waals surface area contributed by atoms with Crippen LogP contribution < -0.4 is 4.90 Å². The molecule has 2 aromatic carbocycles. The topological polar surface area (TPSA) is 47.6 Å². The normalized spacial score (nSPS) is 14.6. The van der Waals surface area contributed by atoms with Crippen molar-refractivity contribution < 1.29 is 0 Å². The number of rotatable bonds is 5. The number of hydrogen-bond acceptors (Lipinski definition) is 4. The van der Waals surface area contributed by atoms with Gasteiger partial charge in [0.05, 0.1) is 26.6 Å². The second kappa shape index (κ2) is 9.31. The minimum absolute atomic E-state index is 0.581. The second-order valence-electron chi connectivity index (χ2n) is 8.68. The molecule has 0 aliphatic carbocycles. The smallest absolute Gasteiger partial charge is 0.157 e. The van der Waals surface area contributed by atoms with Crippen molar-refractivity contribution in [3.63, 3.8) is 0 Å². The molecule has 1 fully saturated rings. The number of halogens is 2. The van der Waals surface area contributed by atoms with Gasteiger partial charge >= 0.3 is 0 Å². The molecule has 0 saturated carbocycles. The third-order valence-electron chi connectivity index (χ3n) is 6.62. The number of para-hydroxylation sites is 2. The molecule has 0 N–H and O–H groups in total. The van der Waals surface area contributed by atoms with Crippen LogP contribution >= 0.6 is 23.2 Å². The first-order chi connectivity index (χ1) is 16.5. The predicted molar refractivity (Wildman–Crippen MR) is 140 cm³/mol. The Morgan fingerprint density at radius 1 is 1.09 bits per heavy atom. The predicted octanol–water partition coefficient (Wildman–Crippen LogP) is 6.03. The summed E-state index contributed by atoms with van der Waals surface area (Å²) in [5.41, 5.74) is 6.56. The Kier molecular flexibility index (Phi) is 6.22. The summed E-state index contributed by atoms with van der Waals surface area (Å²) in [5.74, 6) is 1.12. The SMILES string of the molecule is C=CCc1c(C)c(C#N)c2nc3ccccc3n2c1N1CCN(Cc2ccc(Cl)c(Cl)c2)CC1. The van der Waals surface area contributed by atoms with E-state index in [9.17, 15) is 5.26 Å². The van der Waals surface area contributed by atoms with Gasteiger partial charge in [0.25, 0.3) is 0 Å². The maximum absolute atomic E-state index is 9.98. The lowest BCUT2D eigenvalue weighted by atomic mass is 10.0. The number of nitrogens with zero attached hydrogens (tertiary/aromatic N) is 5. The van der Waals surface area contributed by atoms with Crippen LogP contribution in [0.4, 0.5) is 5.82 Å². The Bertz CT molecular complexity index is 1440. The number of allylic oxidation sites excluding steroid dienone is 1. The van der Waals surface area contributed by atoms with E-state index in [0.717, 1.165) is 71.9 Å². The number of fused-ring (bicyclic) bond motifs is 3. The van der Waals surface area contributed by atoms with Crippen LogP contribution in [-0.4, -0.2) is 40.5 Å². The number of benzene rings is 2. The van der Waals surface area contributed by atoms with Gasteiger partial charge in [0.1, 0.15) is 11.9 Å². The first-order valence-electron chi connectivity index (χ1n) is 11.4. The van der Waals surface area contributed by atoms with Gasteiger partial charge in [0.2, 0.25) is 0 Å². The standard InChI is InChI=1S/C27H25Cl2N5/c1-3-6-20-18(2)21(16-30)26-31-24-7-4-5-8-25(24)34(26)27(20)33-13-11-32(12-14-33)17-19-9-10-22(28)23(29)15-19/h3-5,7-10,15H,1,6,11-14,17H2,2H3. The van der Waals surface area contributed by atoms with Crippen molar-refractivity contribution in [1.29, 1.82) is 5.26 Å². The quantitative estimate of drug-likeness (QED) is 0.321. The Hall–Kier alpha value is -3.04. The fourth-order valence-corrected chi connectivity index (χ4v) is 5.22. The number of hydrogen-bond donors (Lipinski definition) is 0. The Morgan fingerprint density at radius 2 is 1.85 bits per heavy atom. The van der Waals surface area contributed by atoms with E-state index in [-0.39, 0.29) is 0 Å². The number of aromatic nitrogens is 2. The molecule has 0 unspecified atom stereocenters. The van der Waals surface area contributed by atoms with Crippen LogP contribution in [0.5, 0.6) is 0 Å². The van der Waals surface area contributed by atoms with Crippen LogP contribution in [-0.2, 0) is 13.0 Å². The van der Waals surface area contributed by atoms with E-state index < -0.39 is 0 Å².